The quantitative estimate of drug-likeness (QED) is 0.815. The van der Waals surface area contributed by atoms with Gasteiger partial charge in [-0.15, -0.1) is 0 Å². The van der Waals surface area contributed by atoms with Gasteiger partial charge in [-0.1, -0.05) is 19.3 Å². The lowest BCUT2D eigenvalue weighted by atomic mass is 9.86. The normalized spacial score (nSPS) is 27.2. The highest BCUT2D eigenvalue weighted by Crippen LogP contribution is 2.29. The van der Waals surface area contributed by atoms with Crippen LogP contribution < -0.4 is 10.6 Å². The Balaban J connectivity index is 1.29. The molecule has 0 radical (unpaired) electrons. The molecule has 3 fully saturated rings. The fraction of sp³-hybridized carbons (Fsp3) is 0.773. The van der Waals surface area contributed by atoms with Crippen LogP contribution in [0.25, 0.3) is 0 Å². The maximum Gasteiger partial charge on any atom is 0.226 e. The summed E-state index contributed by atoms with van der Waals surface area (Å²) >= 11 is 0. The van der Waals surface area contributed by atoms with Gasteiger partial charge in [-0.3, -0.25) is 4.79 Å². The van der Waals surface area contributed by atoms with Crippen LogP contribution in [-0.2, 0) is 9.53 Å². The molecule has 2 N–H and O–H groups in total. The van der Waals surface area contributed by atoms with Gasteiger partial charge < -0.3 is 20.3 Å². The summed E-state index contributed by atoms with van der Waals surface area (Å²) in [6.45, 7) is 3.19. The second-order valence-corrected chi connectivity index (χ2v) is 8.81. The highest BCUT2D eigenvalue weighted by Gasteiger charge is 2.36. The van der Waals surface area contributed by atoms with Crippen LogP contribution in [0.4, 0.5) is 5.95 Å². The molecule has 1 saturated carbocycles. The number of nitrogens with zero attached hydrogens (tertiary/aromatic N) is 4. The molecule has 160 valence electrons. The number of likely N-dealkylation sites (tertiary alicyclic amines) is 1. The fourth-order valence-corrected chi connectivity index (χ4v) is 5.07. The van der Waals surface area contributed by atoms with Crippen LogP contribution in [0.15, 0.2) is 18.5 Å². The highest BCUT2D eigenvalue weighted by atomic mass is 16.5. The summed E-state index contributed by atoms with van der Waals surface area (Å²) in [4.78, 5) is 26.1. The van der Waals surface area contributed by atoms with Crippen molar-refractivity contribution in [1.82, 2.24) is 14.9 Å². The number of carbonyl (C=O) groups excluding carboxylic acids is 1. The van der Waals surface area contributed by atoms with E-state index in [0.29, 0.717) is 12.5 Å². The van der Waals surface area contributed by atoms with Crippen LogP contribution >= 0.6 is 0 Å². The van der Waals surface area contributed by atoms with Gasteiger partial charge in [-0.25, -0.2) is 9.97 Å². The number of aromatic nitrogens is 2. The molecule has 0 bridgehead atoms. The molecule has 1 aliphatic carbocycles. The lowest BCUT2D eigenvalue weighted by Crippen LogP contribution is -2.58. The first-order chi connectivity index (χ1) is 14.2. The van der Waals surface area contributed by atoms with E-state index >= 15 is 0 Å². The topological polar surface area (TPSA) is 84.6 Å². The number of piperidine rings is 2. The van der Waals surface area contributed by atoms with E-state index in [-0.39, 0.29) is 24.1 Å². The van der Waals surface area contributed by atoms with Crippen LogP contribution in [0.2, 0.25) is 0 Å². The standard InChI is InChI=1S/C22H35N5O2/c23-19-8-4-13-27(21(28)17-6-2-1-3-7-17)20(19)16-29-18-9-14-26(15-10-18)22-24-11-5-12-25-22/h5,11-12,17-20H,1-4,6-10,13-16,23H2/t19-,20-/m0/s1. The Morgan fingerprint density at radius 3 is 2.45 bits per heavy atom. The van der Waals surface area contributed by atoms with E-state index in [0.717, 1.165) is 64.1 Å². The molecule has 2 aliphatic heterocycles. The summed E-state index contributed by atoms with van der Waals surface area (Å²) < 4.78 is 6.30. The van der Waals surface area contributed by atoms with Crippen molar-refractivity contribution in [2.24, 2.45) is 11.7 Å². The number of carbonyl (C=O) groups is 1. The average Bonchev–Trinajstić information content (AvgIpc) is 2.79. The summed E-state index contributed by atoms with van der Waals surface area (Å²) in [5.41, 5.74) is 6.45. The van der Waals surface area contributed by atoms with Gasteiger partial charge in [0.25, 0.3) is 0 Å². The third-order valence-corrected chi connectivity index (χ3v) is 6.85. The minimum Gasteiger partial charge on any atom is -0.376 e. The van der Waals surface area contributed by atoms with Gasteiger partial charge in [0.2, 0.25) is 11.9 Å². The Kier molecular flexibility index (Phi) is 6.98. The maximum absolute atomic E-state index is 13.2. The molecule has 1 aromatic rings. The molecule has 0 aromatic carbocycles. The number of ether oxygens (including phenoxy) is 1. The molecule has 1 amide bonds. The Bertz CT molecular complexity index is 644. The van der Waals surface area contributed by atoms with Crippen molar-refractivity contribution in [2.75, 3.05) is 31.1 Å². The molecule has 3 heterocycles. The molecule has 3 aliphatic rings. The lowest BCUT2D eigenvalue weighted by molar-refractivity contribution is -0.143. The average molecular weight is 402 g/mol. The fourth-order valence-electron chi connectivity index (χ4n) is 5.07. The monoisotopic (exact) mass is 401 g/mol. The van der Waals surface area contributed by atoms with E-state index in [2.05, 4.69) is 19.8 Å². The molecular weight excluding hydrogens is 366 g/mol. The molecule has 0 unspecified atom stereocenters. The Hall–Kier alpha value is -1.73. The minimum absolute atomic E-state index is 0.0219. The summed E-state index contributed by atoms with van der Waals surface area (Å²) in [7, 11) is 0. The summed E-state index contributed by atoms with van der Waals surface area (Å²) in [5, 5.41) is 0. The first kappa shape index (κ1) is 20.5. The molecule has 2 atom stereocenters. The van der Waals surface area contributed by atoms with Gasteiger partial charge in [0.05, 0.1) is 18.8 Å². The van der Waals surface area contributed by atoms with Crippen molar-refractivity contribution in [3.8, 4) is 0 Å². The van der Waals surface area contributed by atoms with E-state index in [1.807, 2.05) is 6.07 Å². The van der Waals surface area contributed by atoms with Crippen molar-refractivity contribution in [3.63, 3.8) is 0 Å². The van der Waals surface area contributed by atoms with Crippen molar-refractivity contribution in [3.05, 3.63) is 18.5 Å². The van der Waals surface area contributed by atoms with E-state index in [9.17, 15) is 4.79 Å². The third kappa shape index (κ3) is 5.07. The summed E-state index contributed by atoms with van der Waals surface area (Å²) in [6, 6.07) is 1.88. The number of hydrogen-bond donors (Lipinski definition) is 1. The molecule has 4 rings (SSSR count). The van der Waals surface area contributed by atoms with E-state index in [1.165, 1.54) is 19.3 Å². The Morgan fingerprint density at radius 2 is 1.72 bits per heavy atom. The highest BCUT2D eigenvalue weighted by molar-refractivity contribution is 5.79. The van der Waals surface area contributed by atoms with Crippen LogP contribution in [0.5, 0.6) is 0 Å². The molecular formula is C22H35N5O2. The first-order valence-corrected chi connectivity index (χ1v) is 11.4. The van der Waals surface area contributed by atoms with Crippen LogP contribution in [0, 0.1) is 5.92 Å². The SMILES string of the molecule is N[C@H]1CCCN(C(=O)C2CCCCC2)[C@H]1COC1CCN(c2ncccn2)CC1. The first-order valence-electron chi connectivity index (χ1n) is 11.4. The second kappa shape index (κ2) is 9.85. The van der Waals surface area contributed by atoms with Crippen LogP contribution in [0.3, 0.4) is 0 Å². The van der Waals surface area contributed by atoms with Gasteiger partial charge in [0.1, 0.15) is 0 Å². The predicted molar refractivity (Wildman–Crippen MR) is 113 cm³/mol. The second-order valence-electron chi connectivity index (χ2n) is 8.81. The zero-order chi connectivity index (χ0) is 20.1. The Morgan fingerprint density at radius 1 is 1.00 bits per heavy atom. The molecule has 1 aromatic heterocycles. The summed E-state index contributed by atoms with van der Waals surface area (Å²) in [5.74, 6) is 1.32. The largest absolute Gasteiger partial charge is 0.376 e. The summed E-state index contributed by atoms with van der Waals surface area (Å²) in [6.07, 6.45) is 13.4. The van der Waals surface area contributed by atoms with Crippen LogP contribution in [0.1, 0.15) is 57.8 Å². The van der Waals surface area contributed by atoms with E-state index in [4.69, 9.17) is 10.5 Å². The number of nitrogens with two attached hydrogens (primary N) is 1. The van der Waals surface area contributed by atoms with Gasteiger partial charge in [-0.05, 0) is 44.6 Å². The predicted octanol–water partition coefficient (Wildman–Crippen LogP) is 2.36. The zero-order valence-corrected chi connectivity index (χ0v) is 17.4. The van der Waals surface area contributed by atoms with Crippen LogP contribution in [-0.4, -0.2) is 65.2 Å². The Labute approximate surface area is 174 Å². The van der Waals surface area contributed by atoms with Gasteiger partial charge in [0.15, 0.2) is 0 Å². The lowest BCUT2D eigenvalue weighted by Gasteiger charge is -2.42. The zero-order valence-electron chi connectivity index (χ0n) is 17.4. The smallest absolute Gasteiger partial charge is 0.226 e. The van der Waals surface area contributed by atoms with Crippen molar-refractivity contribution in [2.45, 2.75) is 76.0 Å². The number of amides is 1. The van der Waals surface area contributed by atoms with Gasteiger partial charge in [0, 0.05) is 44.0 Å². The molecule has 7 nitrogen and oxygen atoms in total. The molecule has 2 saturated heterocycles. The number of hydrogen-bond acceptors (Lipinski definition) is 6. The third-order valence-electron chi connectivity index (χ3n) is 6.85. The number of rotatable bonds is 5. The van der Waals surface area contributed by atoms with Crippen molar-refractivity contribution < 1.29 is 9.53 Å². The van der Waals surface area contributed by atoms with E-state index in [1.54, 1.807) is 12.4 Å². The van der Waals surface area contributed by atoms with E-state index < -0.39 is 0 Å². The maximum atomic E-state index is 13.2. The van der Waals surface area contributed by atoms with Gasteiger partial charge >= 0.3 is 0 Å². The van der Waals surface area contributed by atoms with Gasteiger partial charge in [-0.2, -0.15) is 0 Å². The molecule has 0 spiro atoms. The van der Waals surface area contributed by atoms with Crippen molar-refractivity contribution >= 4 is 11.9 Å². The molecule has 7 heteroatoms. The number of anilines is 1. The van der Waals surface area contributed by atoms with Crippen molar-refractivity contribution in [1.29, 1.82) is 0 Å². The minimum atomic E-state index is 0.0219. The molecule has 29 heavy (non-hydrogen) atoms.